The van der Waals surface area contributed by atoms with E-state index in [1.165, 1.54) is 116 Å². The van der Waals surface area contributed by atoms with E-state index in [1.54, 1.807) is 0 Å². The van der Waals surface area contributed by atoms with Gasteiger partial charge in [-0.2, -0.15) is 0 Å². The number of ether oxygens (including phenoxy) is 1. The van der Waals surface area contributed by atoms with E-state index in [-0.39, 0.29) is 24.9 Å². The fourth-order valence-corrected chi connectivity index (χ4v) is 7.20. The third kappa shape index (κ3) is 40.3. The molecule has 0 aliphatic rings. The van der Waals surface area contributed by atoms with Gasteiger partial charge in [0.15, 0.2) is 0 Å². The summed E-state index contributed by atoms with van der Waals surface area (Å²) in [4.78, 5) is 26.0. The van der Waals surface area contributed by atoms with E-state index in [4.69, 9.17) is 4.74 Å². The number of amides is 1. The monoisotopic (exact) mass is 812 g/mol. The van der Waals surface area contributed by atoms with Gasteiger partial charge in [0.25, 0.3) is 0 Å². The van der Waals surface area contributed by atoms with Crippen LogP contribution in [0.15, 0.2) is 60.8 Å². The van der Waals surface area contributed by atoms with Gasteiger partial charge in [0, 0.05) is 6.42 Å². The zero-order chi connectivity index (χ0) is 42.4. The van der Waals surface area contributed by atoms with Crippen LogP contribution in [0, 0.1) is 0 Å². The number of unbranched alkanes of at least 4 members (excludes halogenated alkanes) is 24. The summed E-state index contributed by atoms with van der Waals surface area (Å²) < 4.78 is 5.90. The molecular formula is C52H93NO5. The fourth-order valence-electron chi connectivity index (χ4n) is 7.20. The fraction of sp³-hybridized carbons (Fsp3) is 0.769. The number of esters is 1. The molecule has 0 radical (unpaired) electrons. The first-order valence-electron chi connectivity index (χ1n) is 24.6. The minimum atomic E-state index is -0.795. The van der Waals surface area contributed by atoms with Gasteiger partial charge in [0.1, 0.15) is 6.10 Å². The summed E-state index contributed by atoms with van der Waals surface area (Å²) in [5.41, 5.74) is 0. The molecule has 6 nitrogen and oxygen atoms in total. The summed E-state index contributed by atoms with van der Waals surface area (Å²) in [6, 6.07) is -0.710. The van der Waals surface area contributed by atoms with Gasteiger partial charge in [0.2, 0.25) is 5.91 Å². The molecule has 0 aliphatic heterocycles. The van der Waals surface area contributed by atoms with Crippen molar-refractivity contribution in [3.8, 4) is 0 Å². The van der Waals surface area contributed by atoms with Crippen molar-refractivity contribution in [3.63, 3.8) is 0 Å². The lowest BCUT2D eigenvalue weighted by molar-refractivity contribution is -0.151. The molecule has 3 atom stereocenters. The number of aliphatic hydroxyl groups excluding tert-OH is 2. The number of allylic oxidation sites excluding steroid dienone is 10. The molecule has 1 amide bonds. The van der Waals surface area contributed by atoms with Crippen molar-refractivity contribution < 1.29 is 24.5 Å². The highest BCUT2D eigenvalue weighted by molar-refractivity contribution is 5.77. The van der Waals surface area contributed by atoms with Crippen molar-refractivity contribution in [2.45, 2.75) is 251 Å². The van der Waals surface area contributed by atoms with Gasteiger partial charge >= 0.3 is 5.97 Å². The third-order valence-electron chi connectivity index (χ3n) is 10.9. The van der Waals surface area contributed by atoms with E-state index in [1.807, 2.05) is 24.3 Å². The van der Waals surface area contributed by atoms with Crippen LogP contribution in [0.3, 0.4) is 0 Å². The lowest BCUT2D eigenvalue weighted by Gasteiger charge is -2.24. The number of hydrogen-bond acceptors (Lipinski definition) is 5. The number of rotatable bonds is 43. The van der Waals surface area contributed by atoms with Gasteiger partial charge in [-0.1, -0.05) is 210 Å². The van der Waals surface area contributed by atoms with Crippen LogP contribution in [0.1, 0.15) is 233 Å². The van der Waals surface area contributed by atoms with Gasteiger partial charge in [-0.05, 0) is 70.6 Å². The zero-order valence-electron chi connectivity index (χ0n) is 38.2. The third-order valence-corrected chi connectivity index (χ3v) is 10.9. The van der Waals surface area contributed by atoms with E-state index >= 15 is 0 Å². The number of carbonyl (C=O) groups excluding carboxylic acids is 2. The molecule has 3 N–H and O–H groups in total. The molecule has 336 valence electrons. The predicted molar refractivity (Wildman–Crippen MR) is 250 cm³/mol. The van der Waals surface area contributed by atoms with Crippen LogP contribution in [0.2, 0.25) is 0 Å². The molecule has 0 aromatic rings. The van der Waals surface area contributed by atoms with Crippen LogP contribution < -0.4 is 5.32 Å². The summed E-state index contributed by atoms with van der Waals surface area (Å²) in [7, 11) is 0. The van der Waals surface area contributed by atoms with Crippen molar-refractivity contribution in [2.75, 3.05) is 6.61 Å². The molecule has 3 unspecified atom stereocenters. The summed E-state index contributed by atoms with van der Waals surface area (Å²) in [6.45, 7) is 6.31. The Morgan fingerprint density at radius 1 is 0.517 bits per heavy atom. The number of aliphatic hydroxyl groups is 2. The molecule has 0 fully saturated rings. The molecule has 0 heterocycles. The standard InChI is InChI=1S/C52H93NO5/c1-4-7-10-13-16-19-21-23-24-25-26-28-29-32-34-37-40-43-48(58-52(57)45-42-39-36-33-30-27-22-20-17-14-11-8-5-2)46-51(56)53-49(47-54)50(55)44-41-38-35-31-18-15-12-9-6-3/h8,11,14,17,20,22-24,27,30,48-50,54-55H,4-7,9-10,12-13,15-16,18-19,21,25-26,28-29,31-47H2,1-3H3,(H,53,56)/b11-8+,17-14+,22-20-,24-23+,30-27-. The predicted octanol–water partition coefficient (Wildman–Crippen LogP) is 14.5. The van der Waals surface area contributed by atoms with Crippen molar-refractivity contribution in [1.82, 2.24) is 5.32 Å². The Labute approximate surface area is 358 Å². The molecule has 0 bridgehead atoms. The topological polar surface area (TPSA) is 95.9 Å². The first-order valence-corrected chi connectivity index (χ1v) is 24.6. The molecule has 58 heavy (non-hydrogen) atoms. The quantitative estimate of drug-likeness (QED) is 0.0247. The maximum Gasteiger partial charge on any atom is 0.306 e. The number of hydrogen-bond donors (Lipinski definition) is 3. The van der Waals surface area contributed by atoms with Gasteiger partial charge < -0.3 is 20.3 Å². The molecule has 0 aromatic carbocycles. The van der Waals surface area contributed by atoms with Crippen LogP contribution in [0.5, 0.6) is 0 Å². The van der Waals surface area contributed by atoms with Gasteiger partial charge in [0.05, 0.1) is 25.2 Å². The van der Waals surface area contributed by atoms with Crippen molar-refractivity contribution in [3.05, 3.63) is 60.8 Å². The molecule has 0 saturated heterocycles. The largest absolute Gasteiger partial charge is 0.462 e. The van der Waals surface area contributed by atoms with Crippen LogP contribution in [0.25, 0.3) is 0 Å². The molecule has 6 heteroatoms. The number of carbonyl (C=O) groups is 2. The SMILES string of the molecule is CC/C=C/C=C/C=C\C=C/CCCCCC(=O)OC(CCCCCCCCC/C=C/CCCCCCCC)CC(=O)NC(CO)C(O)CCCCCCCCCCC. The van der Waals surface area contributed by atoms with Gasteiger partial charge in [-0.3, -0.25) is 9.59 Å². The van der Waals surface area contributed by atoms with E-state index in [9.17, 15) is 19.8 Å². The molecular weight excluding hydrogens is 719 g/mol. The summed E-state index contributed by atoms with van der Waals surface area (Å²) in [5, 5.41) is 23.6. The summed E-state index contributed by atoms with van der Waals surface area (Å²) in [6.07, 6.45) is 55.7. The first kappa shape index (κ1) is 55.6. The minimum Gasteiger partial charge on any atom is -0.462 e. The first-order chi connectivity index (χ1) is 28.5. The minimum absolute atomic E-state index is 0.0573. The van der Waals surface area contributed by atoms with Crippen LogP contribution in [-0.2, 0) is 14.3 Å². The van der Waals surface area contributed by atoms with E-state index < -0.39 is 18.2 Å². The Balaban J connectivity index is 4.65. The Hall–Kier alpha value is -2.44. The number of nitrogens with one attached hydrogen (secondary N) is 1. The van der Waals surface area contributed by atoms with Gasteiger partial charge in [-0.25, -0.2) is 0 Å². The molecule has 0 aromatic heterocycles. The average Bonchev–Trinajstić information content (AvgIpc) is 3.22. The smallest absolute Gasteiger partial charge is 0.306 e. The lowest BCUT2D eigenvalue weighted by atomic mass is 10.0. The second-order valence-corrected chi connectivity index (χ2v) is 16.6. The highest BCUT2D eigenvalue weighted by atomic mass is 16.5. The maximum absolute atomic E-state index is 13.2. The molecule has 0 aliphatic carbocycles. The Morgan fingerprint density at radius 2 is 0.948 bits per heavy atom. The van der Waals surface area contributed by atoms with Crippen LogP contribution >= 0.6 is 0 Å². The molecule has 0 rings (SSSR count). The summed E-state index contributed by atoms with van der Waals surface area (Å²) in [5.74, 6) is -0.525. The second-order valence-electron chi connectivity index (χ2n) is 16.6. The van der Waals surface area contributed by atoms with Crippen LogP contribution in [0.4, 0.5) is 0 Å². The highest BCUT2D eigenvalue weighted by Gasteiger charge is 2.24. The Morgan fingerprint density at radius 3 is 1.47 bits per heavy atom. The zero-order valence-corrected chi connectivity index (χ0v) is 38.2. The maximum atomic E-state index is 13.2. The van der Waals surface area contributed by atoms with Crippen molar-refractivity contribution in [2.24, 2.45) is 0 Å². The average molecular weight is 812 g/mol. The van der Waals surface area contributed by atoms with Gasteiger partial charge in [-0.15, -0.1) is 0 Å². The van der Waals surface area contributed by atoms with E-state index in [2.05, 4.69) is 62.5 Å². The Bertz CT molecular complexity index is 1050. The summed E-state index contributed by atoms with van der Waals surface area (Å²) >= 11 is 0. The molecule has 0 spiro atoms. The normalized spacial score (nSPS) is 13.8. The van der Waals surface area contributed by atoms with Crippen molar-refractivity contribution in [1.29, 1.82) is 0 Å². The second kappa shape index (κ2) is 45.6. The van der Waals surface area contributed by atoms with E-state index in [0.29, 0.717) is 19.3 Å². The lowest BCUT2D eigenvalue weighted by Crippen LogP contribution is -2.46. The molecule has 0 saturated carbocycles. The van der Waals surface area contributed by atoms with Crippen LogP contribution in [-0.4, -0.2) is 46.9 Å². The van der Waals surface area contributed by atoms with E-state index in [0.717, 1.165) is 70.6 Å². The Kier molecular flexibility index (Phi) is 43.7. The highest BCUT2D eigenvalue weighted by Crippen LogP contribution is 2.17. The van der Waals surface area contributed by atoms with Crippen molar-refractivity contribution >= 4 is 11.9 Å².